The van der Waals surface area contributed by atoms with Gasteiger partial charge in [0.2, 0.25) is 5.91 Å². The highest BCUT2D eigenvalue weighted by Crippen LogP contribution is 2.44. The summed E-state index contributed by atoms with van der Waals surface area (Å²) in [6, 6.07) is 0.221. The van der Waals surface area contributed by atoms with E-state index in [0.29, 0.717) is 6.04 Å². The monoisotopic (exact) mass is 254 g/mol. The van der Waals surface area contributed by atoms with E-state index in [2.05, 4.69) is 10.6 Å². The van der Waals surface area contributed by atoms with Gasteiger partial charge in [-0.3, -0.25) is 4.79 Å². The first-order chi connectivity index (χ1) is 8.65. The van der Waals surface area contributed by atoms with Crippen molar-refractivity contribution in [3.63, 3.8) is 0 Å². The van der Waals surface area contributed by atoms with Crippen molar-refractivity contribution in [2.75, 3.05) is 13.2 Å². The van der Waals surface area contributed by atoms with Gasteiger partial charge >= 0.3 is 0 Å². The van der Waals surface area contributed by atoms with Gasteiger partial charge in [0.1, 0.15) is 0 Å². The molecule has 1 unspecified atom stereocenters. The van der Waals surface area contributed by atoms with Crippen LogP contribution in [0.2, 0.25) is 0 Å². The van der Waals surface area contributed by atoms with Crippen molar-refractivity contribution in [1.82, 2.24) is 10.6 Å². The second kappa shape index (κ2) is 6.02. The molecule has 2 fully saturated rings. The van der Waals surface area contributed by atoms with Gasteiger partial charge in [-0.05, 0) is 32.6 Å². The Kier molecular flexibility index (Phi) is 4.62. The van der Waals surface area contributed by atoms with Gasteiger partial charge in [0.15, 0.2) is 0 Å². The molecule has 4 nitrogen and oxygen atoms in total. The predicted octanol–water partition coefficient (Wildman–Crippen LogP) is 1.19. The molecule has 0 bridgehead atoms. The Morgan fingerprint density at radius 1 is 1.33 bits per heavy atom. The SMILES string of the molecule is CC(NCC1(CO)CC1)C(=O)NC1CCCCC1. The molecule has 0 aromatic rings. The Hall–Kier alpha value is -0.610. The van der Waals surface area contributed by atoms with E-state index < -0.39 is 0 Å². The van der Waals surface area contributed by atoms with Crippen LogP contribution < -0.4 is 10.6 Å². The summed E-state index contributed by atoms with van der Waals surface area (Å²) in [6.45, 7) is 2.89. The van der Waals surface area contributed by atoms with Crippen LogP contribution in [0.5, 0.6) is 0 Å². The van der Waals surface area contributed by atoms with Crippen molar-refractivity contribution in [3.8, 4) is 0 Å². The molecule has 4 heteroatoms. The minimum absolute atomic E-state index is 0.0688. The Bertz CT molecular complexity index is 284. The molecule has 0 saturated heterocycles. The lowest BCUT2D eigenvalue weighted by atomic mass is 9.95. The molecule has 2 rings (SSSR count). The molecule has 2 saturated carbocycles. The van der Waals surface area contributed by atoms with E-state index in [1.807, 2.05) is 6.92 Å². The number of carbonyl (C=O) groups excluding carboxylic acids is 1. The maximum atomic E-state index is 12.0. The fraction of sp³-hybridized carbons (Fsp3) is 0.929. The number of aliphatic hydroxyl groups is 1. The van der Waals surface area contributed by atoms with Crippen LogP contribution in [0.3, 0.4) is 0 Å². The average molecular weight is 254 g/mol. The molecule has 1 amide bonds. The van der Waals surface area contributed by atoms with E-state index >= 15 is 0 Å². The second-order valence-electron chi connectivity index (χ2n) is 6.10. The van der Waals surface area contributed by atoms with Crippen LogP contribution in [0, 0.1) is 5.41 Å². The number of hydrogen-bond donors (Lipinski definition) is 3. The lowest BCUT2D eigenvalue weighted by molar-refractivity contribution is -0.123. The van der Waals surface area contributed by atoms with Gasteiger partial charge in [0.25, 0.3) is 0 Å². The number of aliphatic hydroxyl groups excluding tert-OH is 1. The Balaban J connectivity index is 1.67. The van der Waals surface area contributed by atoms with E-state index in [0.717, 1.165) is 32.2 Å². The minimum atomic E-state index is -0.157. The van der Waals surface area contributed by atoms with Crippen molar-refractivity contribution in [2.45, 2.75) is 64.0 Å². The molecule has 0 aromatic heterocycles. The highest BCUT2D eigenvalue weighted by molar-refractivity contribution is 5.81. The topological polar surface area (TPSA) is 61.4 Å². The second-order valence-corrected chi connectivity index (χ2v) is 6.10. The summed E-state index contributed by atoms with van der Waals surface area (Å²) in [4.78, 5) is 12.0. The average Bonchev–Trinajstić information content (AvgIpc) is 3.18. The standard InChI is InChI=1S/C14H26N2O2/c1-11(15-9-14(10-17)7-8-14)13(18)16-12-5-3-2-4-6-12/h11-12,15,17H,2-10H2,1H3,(H,16,18). The molecule has 3 N–H and O–H groups in total. The quantitative estimate of drug-likeness (QED) is 0.667. The summed E-state index contributed by atoms with van der Waals surface area (Å²) >= 11 is 0. The number of hydrogen-bond acceptors (Lipinski definition) is 3. The van der Waals surface area contributed by atoms with Crippen LogP contribution >= 0.6 is 0 Å². The van der Waals surface area contributed by atoms with Gasteiger partial charge in [0.05, 0.1) is 6.04 Å². The molecule has 2 aliphatic rings. The van der Waals surface area contributed by atoms with Gasteiger partial charge in [-0.2, -0.15) is 0 Å². The summed E-state index contributed by atoms with van der Waals surface area (Å²) in [5.41, 5.74) is 0.0688. The van der Waals surface area contributed by atoms with Crippen molar-refractivity contribution in [1.29, 1.82) is 0 Å². The zero-order valence-corrected chi connectivity index (χ0v) is 11.4. The molecular weight excluding hydrogens is 228 g/mol. The van der Waals surface area contributed by atoms with Crippen LogP contribution in [0.15, 0.2) is 0 Å². The van der Waals surface area contributed by atoms with Crippen molar-refractivity contribution in [3.05, 3.63) is 0 Å². The third-order valence-electron chi connectivity index (χ3n) is 4.42. The van der Waals surface area contributed by atoms with Crippen LogP contribution in [0.1, 0.15) is 51.9 Å². The van der Waals surface area contributed by atoms with E-state index in [1.165, 1.54) is 19.3 Å². The maximum Gasteiger partial charge on any atom is 0.237 e. The molecule has 0 radical (unpaired) electrons. The highest BCUT2D eigenvalue weighted by Gasteiger charge is 2.42. The molecule has 0 aliphatic heterocycles. The van der Waals surface area contributed by atoms with Gasteiger partial charge in [-0.1, -0.05) is 19.3 Å². The summed E-state index contributed by atoms with van der Waals surface area (Å²) in [7, 11) is 0. The summed E-state index contributed by atoms with van der Waals surface area (Å²) in [6.07, 6.45) is 8.18. The van der Waals surface area contributed by atoms with Crippen LogP contribution in [0.4, 0.5) is 0 Å². The van der Waals surface area contributed by atoms with Crippen molar-refractivity contribution >= 4 is 5.91 Å². The van der Waals surface area contributed by atoms with E-state index in [9.17, 15) is 9.90 Å². The van der Waals surface area contributed by atoms with Crippen LogP contribution in [0.25, 0.3) is 0 Å². The largest absolute Gasteiger partial charge is 0.396 e. The number of nitrogens with one attached hydrogen (secondary N) is 2. The third-order valence-corrected chi connectivity index (χ3v) is 4.42. The van der Waals surface area contributed by atoms with Gasteiger partial charge in [-0.25, -0.2) is 0 Å². The van der Waals surface area contributed by atoms with Gasteiger partial charge < -0.3 is 15.7 Å². The molecule has 104 valence electrons. The zero-order chi connectivity index (χ0) is 13.0. The highest BCUT2D eigenvalue weighted by atomic mass is 16.3. The van der Waals surface area contributed by atoms with Crippen LogP contribution in [-0.4, -0.2) is 36.2 Å². The smallest absolute Gasteiger partial charge is 0.237 e. The fourth-order valence-electron chi connectivity index (χ4n) is 2.60. The van der Waals surface area contributed by atoms with E-state index in [4.69, 9.17) is 0 Å². The number of rotatable bonds is 6. The molecule has 0 heterocycles. The molecule has 0 aromatic carbocycles. The zero-order valence-electron chi connectivity index (χ0n) is 11.4. The summed E-state index contributed by atoms with van der Waals surface area (Å²) < 4.78 is 0. The first-order valence-electron chi connectivity index (χ1n) is 7.30. The Morgan fingerprint density at radius 3 is 2.56 bits per heavy atom. The van der Waals surface area contributed by atoms with Crippen LogP contribution in [-0.2, 0) is 4.79 Å². The minimum Gasteiger partial charge on any atom is -0.396 e. The Morgan fingerprint density at radius 2 is 2.00 bits per heavy atom. The Labute approximate surface area is 110 Å². The first-order valence-corrected chi connectivity index (χ1v) is 7.30. The molecule has 2 aliphatic carbocycles. The van der Waals surface area contributed by atoms with E-state index in [1.54, 1.807) is 0 Å². The summed E-state index contributed by atoms with van der Waals surface area (Å²) in [5, 5.41) is 15.6. The number of amides is 1. The first kappa shape index (κ1) is 13.8. The lowest BCUT2D eigenvalue weighted by Gasteiger charge is -2.25. The van der Waals surface area contributed by atoms with Gasteiger partial charge in [-0.15, -0.1) is 0 Å². The van der Waals surface area contributed by atoms with Crippen molar-refractivity contribution in [2.24, 2.45) is 5.41 Å². The molecule has 1 atom stereocenters. The summed E-state index contributed by atoms with van der Waals surface area (Å²) in [5.74, 6) is 0.107. The predicted molar refractivity (Wildman–Crippen MR) is 71.2 cm³/mol. The fourth-order valence-corrected chi connectivity index (χ4v) is 2.60. The molecule has 0 spiro atoms. The van der Waals surface area contributed by atoms with E-state index in [-0.39, 0.29) is 24.0 Å². The lowest BCUT2D eigenvalue weighted by Crippen LogP contribution is -2.48. The third kappa shape index (κ3) is 3.69. The van der Waals surface area contributed by atoms with Gasteiger partial charge in [0, 0.05) is 24.6 Å². The number of carbonyl (C=O) groups is 1. The molecule has 18 heavy (non-hydrogen) atoms. The molecular formula is C14H26N2O2. The normalized spacial score (nSPS) is 24.6. The van der Waals surface area contributed by atoms with Crippen molar-refractivity contribution < 1.29 is 9.90 Å². The maximum absolute atomic E-state index is 12.0.